The molecule has 3 N–H and O–H groups in total. The average molecular weight is 267 g/mol. The molecule has 0 radical (unpaired) electrons. The zero-order valence-corrected chi connectivity index (χ0v) is 11.6. The van der Waals surface area contributed by atoms with Crippen LogP contribution >= 0.6 is 11.8 Å². The Morgan fingerprint density at radius 3 is 2.83 bits per heavy atom. The Morgan fingerprint density at radius 1 is 1.33 bits per heavy atom. The minimum atomic E-state index is -0.147. The summed E-state index contributed by atoms with van der Waals surface area (Å²) >= 11 is 1.88. The average Bonchev–Trinajstić information content (AvgIpc) is 2.37. The largest absolute Gasteiger partial charge is 0.384 e. The van der Waals surface area contributed by atoms with Crippen LogP contribution in [0.15, 0.2) is 18.2 Å². The number of nitrogens with two attached hydrogens (primary N) is 1. The first-order valence-corrected chi connectivity index (χ1v) is 7.63. The van der Waals surface area contributed by atoms with Crippen LogP contribution in [0.5, 0.6) is 0 Å². The van der Waals surface area contributed by atoms with E-state index in [1.165, 1.54) is 18.6 Å². The number of amides is 1. The van der Waals surface area contributed by atoms with E-state index in [0.29, 0.717) is 18.1 Å². The molecule has 1 aromatic rings. The molecule has 0 aliphatic carbocycles. The van der Waals surface area contributed by atoms with Crippen molar-refractivity contribution in [2.75, 3.05) is 24.3 Å². The highest BCUT2D eigenvalue weighted by Gasteiger charge is 2.05. The molecule has 0 aliphatic heterocycles. The number of unbranched alkanes of at least 4 members (excludes halogenated alkanes) is 3. The van der Waals surface area contributed by atoms with Gasteiger partial charge in [-0.25, -0.2) is 4.98 Å². The Morgan fingerprint density at radius 2 is 2.11 bits per heavy atom. The second-order valence-electron chi connectivity index (χ2n) is 4.11. The fourth-order valence-electron chi connectivity index (χ4n) is 1.60. The summed E-state index contributed by atoms with van der Waals surface area (Å²) in [6, 6.07) is 5.08. The van der Waals surface area contributed by atoms with Gasteiger partial charge in [0.05, 0.1) is 0 Å². The first kappa shape index (κ1) is 14.8. The highest BCUT2D eigenvalue weighted by molar-refractivity contribution is 7.98. The molecule has 0 saturated heterocycles. The molecule has 4 nitrogen and oxygen atoms in total. The van der Waals surface area contributed by atoms with E-state index in [1.54, 1.807) is 18.2 Å². The molecular formula is C13H21N3OS. The highest BCUT2D eigenvalue weighted by atomic mass is 32.2. The van der Waals surface area contributed by atoms with E-state index < -0.39 is 0 Å². The van der Waals surface area contributed by atoms with Crippen molar-refractivity contribution in [1.82, 2.24) is 10.3 Å². The van der Waals surface area contributed by atoms with Crippen molar-refractivity contribution in [3.63, 3.8) is 0 Å². The molecule has 0 atom stereocenters. The van der Waals surface area contributed by atoms with Gasteiger partial charge < -0.3 is 11.1 Å². The lowest BCUT2D eigenvalue weighted by Gasteiger charge is -2.05. The first-order valence-electron chi connectivity index (χ1n) is 6.23. The molecule has 100 valence electrons. The van der Waals surface area contributed by atoms with E-state index in [0.717, 1.165) is 12.8 Å². The first-order chi connectivity index (χ1) is 8.74. The van der Waals surface area contributed by atoms with Gasteiger partial charge in [0.25, 0.3) is 5.91 Å². The fourth-order valence-corrected chi connectivity index (χ4v) is 2.09. The predicted octanol–water partition coefficient (Wildman–Crippen LogP) is 2.32. The molecule has 1 amide bonds. The molecular weight excluding hydrogens is 246 g/mol. The quantitative estimate of drug-likeness (QED) is 0.709. The topological polar surface area (TPSA) is 68.0 Å². The van der Waals surface area contributed by atoms with Crippen LogP contribution in [0.2, 0.25) is 0 Å². The molecule has 0 bridgehead atoms. The molecule has 1 heterocycles. The molecule has 1 rings (SSSR count). The molecule has 18 heavy (non-hydrogen) atoms. The fraction of sp³-hybridized carbons (Fsp3) is 0.538. The van der Waals surface area contributed by atoms with Gasteiger partial charge in [-0.1, -0.05) is 18.9 Å². The molecule has 0 spiro atoms. The maximum absolute atomic E-state index is 11.7. The van der Waals surface area contributed by atoms with Crippen LogP contribution in [0.25, 0.3) is 0 Å². The summed E-state index contributed by atoms with van der Waals surface area (Å²) in [5, 5.41) is 2.85. The number of pyridine rings is 1. The summed E-state index contributed by atoms with van der Waals surface area (Å²) in [5.74, 6) is 1.45. The van der Waals surface area contributed by atoms with Gasteiger partial charge in [0.2, 0.25) is 0 Å². The van der Waals surface area contributed by atoms with Gasteiger partial charge in [-0.15, -0.1) is 0 Å². The Bertz CT molecular complexity index is 371. The number of carbonyl (C=O) groups excluding carboxylic acids is 1. The second-order valence-corrected chi connectivity index (χ2v) is 5.10. The Balaban J connectivity index is 2.14. The van der Waals surface area contributed by atoms with E-state index in [1.807, 2.05) is 11.8 Å². The number of nitrogens with one attached hydrogen (secondary N) is 1. The van der Waals surface area contributed by atoms with Crippen molar-refractivity contribution in [1.29, 1.82) is 0 Å². The summed E-state index contributed by atoms with van der Waals surface area (Å²) in [6.45, 7) is 0.703. The predicted molar refractivity (Wildman–Crippen MR) is 77.8 cm³/mol. The van der Waals surface area contributed by atoms with Crippen molar-refractivity contribution in [3.05, 3.63) is 23.9 Å². The van der Waals surface area contributed by atoms with Gasteiger partial charge >= 0.3 is 0 Å². The van der Waals surface area contributed by atoms with Gasteiger partial charge in [0, 0.05) is 6.54 Å². The van der Waals surface area contributed by atoms with Crippen LogP contribution in [0, 0.1) is 0 Å². The number of anilines is 1. The minimum Gasteiger partial charge on any atom is -0.384 e. The number of aromatic nitrogens is 1. The van der Waals surface area contributed by atoms with Crippen LogP contribution < -0.4 is 11.1 Å². The SMILES string of the molecule is CSCCCCCCNC(=O)c1cccc(N)n1. The zero-order valence-electron chi connectivity index (χ0n) is 10.8. The lowest BCUT2D eigenvalue weighted by Crippen LogP contribution is -2.25. The van der Waals surface area contributed by atoms with Gasteiger partial charge in [0.15, 0.2) is 0 Å². The van der Waals surface area contributed by atoms with E-state index in [2.05, 4.69) is 16.6 Å². The van der Waals surface area contributed by atoms with Crippen LogP contribution in [-0.4, -0.2) is 29.4 Å². The third-order valence-electron chi connectivity index (χ3n) is 2.56. The monoisotopic (exact) mass is 267 g/mol. The molecule has 0 fully saturated rings. The van der Waals surface area contributed by atoms with Crippen LogP contribution in [0.1, 0.15) is 36.2 Å². The summed E-state index contributed by atoms with van der Waals surface area (Å²) in [4.78, 5) is 15.7. The van der Waals surface area contributed by atoms with Crippen molar-refractivity contribution < 1.29 is 4.79 Å². The number of hydrogen-bond donors (Lipinski definition) is 2. The normalized spacial score (nSPS) is 10.3. The Kier molecular flexibility index (Phi) is 7.25. The Labute approximate surface area is 113 Å². The third kappa shape index (κ3) is 5.91. The molecule has 0 aliphatic rings. The number of rotatable bonds is 8. The summed E-state index contributed by atoms with van der Waals surface area (Å²) in [5.41, 5.74) is 5.91. The molecule has 1 aromatic heterocycles. The smallest absolute Gasteiger partial charge is 0.269 e. The number of thioether (sulfide) groups is 1. The maximum Gasteiger partial charge on any atom is 0.269 e. The molecule has 5 heteroatoms. The van der Waals surface area contributed by atoms with Crippen molar-refractivity contribution in [2.45, 2.75) is 25.7 Å². The second kappa shape index (κ2) is 8.80. The zero-order chi connectivity index (χ0) is 13.2. The maximum atomic E-state index is 11.7. The standard InChI is InChI=1S/C13H21N3OS/c1-18-10-5-3-2-4-9-15-13(17)11-7-6-8-12(14)16-11/h6-8H,2-5,9-10H2,1H3,(H2,14,16)(H,15,17). The number of hydrogen-bond acceptors (Lipinski definition) is 4. The van der Waals surface area contributed by atoms with E-state index >= 15 is 0 Å². The van der Waals surface area contributed by atoms with E-state index in [4.69, 9.17) is 5.73 Å². The van der Waals surface area contributed by atoms with Crippen molar-refractivity contribution >= 4 is 23.5 Å². The van der Waals surface area contributed by atoms with E-state index in [-0.39, 0.29) is 5.91 Å². The van der Waals surface area contributed by atoms with Crippen molar-refractivity contribution in [3.8, 4) is 0 Å². The number of nitrogen functional groups attached to an aromatic ring is 1. The van der Waals surface area contributed by atoms with Gasteiger partial charge in [-0.05, 0) is 37.0 Å². The highest BCUT2D eigenvalue weighted by Crippen LogP contribution is 2.04. The van der Waals surface area contributed by atoms with Crippen molar-refractivity contribution in [2.24, 2.45) is 0 Å². The lowest BCUT2D eigenvalue weighted by molar-refractivity contribution is 0.0948. The van der Waals surface area contributed by atoms with E-state index in [9.17, 15) is 4.79 Å². The minimum absolute atomic E-state index is 0.147. The summed E-state index contributed by atoms with van der Waals surface area (Å²) in [7, 11) is 0. The summed E-state index contributed by atoms with van der Waals surface area (Å²) in [6.07, 6.45) is 6.78. The van der Waals surface area contributed by atoms with Gasteiger partial charge in [-0.2, -0.15) is 11.8 Å². The van der Waals surface area contributed by atoms with Gasteiger partial charge in [0.1, 0.15) is 11.5 Å². The molecule has 0 unspecified atom stereocenters. The Hall–Kier alpha value is -1.23. The molecule has 0 aromatic carbocycles. The number of nitrogens with zero attached hydrogens (tertiary/aromatic N) is 1. The van der Waals surface area contributed by atoms with Crippen LogP contribution in [0.4, 0.5) is 5.82 Å². The third-order valence-corrected chi connectivity index (χ3v) is 3.26. The van der Waals surface area contributed by atoms with Gasteiger partial charge in [-0.3, -0.25) is 4.79 Å². The number of carbonyl (C=O) groups is 1. The van der Waals surface area contributed by atoms with Crippen LogP contribution in [0.3, 0.4) is 0 Å². The summed E-state index contributed by atoms with van der Waals surface area (Å²) < 4.78 is 0. The van der Waals surface area contributed by atoms with Crippen LogP contribution in [-0.2, 0) is 0 Å². The molecule has 0 saturated carbocycles. The lowest BCUT2D eigenvalue weighted by atomic mass is 10.2.